The van der Waals surface area contributed by atoms with Gasteiger partial charge in [0.25, 0.3) is 0 Å². The van der Waals surface area contributed by atoms with Crippen LogP contribution < -0.4 is 18.9 Å². The van der Waals surface area contributed by atoms with Crippen LogP contribution in [0, 0.1) is 0 Å². The van der Waals surface area contributed by atoms with Crippen LogP contribution in [0.4, 0.5) is 0 Å². The van der Waals surface area contributed by atoms with Crippen LogP contribution in [0.1, 0.15) is 221 Å². The molecule has 2 amide bonds. The summed E-state index contributed by atoms with van der Waals surface area (Å²) in [4.78, 5) is 49.6. The summed E-state index contributed by atoms with van der Waals surface area (Å²) in [5.41, 5.74) is 0. The fourth-order valence-electron chi connectivity index (χ4n) is 6.56. The Balaban J connectivity index is -0.000000476. The Morgan fingerprint density at radius 1 is 0.491 bits per heavy atom. The molecule has 0 aliphatic rings. The van der Waals surface area contributed by atoms with Crippen LogP contribution in [0.15, 0.2) is 24.3 Å². The number of nitrogens with zero attached hydrogens (tertiary/aromatic N) is 2. The van der Waals surface area contributed by atoms with E-state index in [4.69, 9.17) is 5.11 Å². The summed E-state index contributed by atoms with van der Waals surface area (Å²) >= 11 is 0. The van der Waals surface area contributed by atoms with Crippen LogP contribution in [0.25, 0.3) is 0 Å². The molecule has 0 aromatic carbocycles. The minimum absolute atomic E-state index is 0. The van der Waals surface area contributed by atoms with Gasteiger partial charge in [-0.3, -0.25) is 19.2 Å². The first-order chi connectivity index (χ1) is 26.5. The first-order valence-electron chi connectivity index (χ1n) is 22.7. The van der Waals surface area contributed by atoms with Gasteiger partial charge in [0.15, 0.2) is 0 Å². The fourth-order valence-corrected chi connectivity index (χ4v) is 6.56. The standard InChI is InChI=1S/C24H45NO3.C23H43NO3.Li.H2O/c1-5-19-23(26)25(22(2)3)21-18-16-14-12-10-8-6-7-9-11-13-15-17-20-24(27)28-4;1-4-18-22(25)24(21(2)3)20-17-15-13-11-9-7-5-6-8-10-12-14-16-19-23(26)27;;/h10,12,22H,5-9,11,13-21H2,1-4H3;9,11,21H,4-8,10,12-20H2,1-3H3,(H,26,27);;1H2/q;;+1;/p-1/b12-10-;11-9-;;. The molecule has 0 spiro atoms. The van der Waals surface area contributed by atoms with Gasteiger partial charge in [-0.05, 0) is 118 Å². The van der Waals surface area contributed by atoms with Crippen molar-refractivity contribution in [3.8, 4) is 0 Å². The first-order valence-corrected chi connectivity index (χ1v) is 22.7. The number of aliphatic carboxylic acids is 1. The van der Waals surface area contributed by atoms with Crippen LogP contribution in [0.3, 0.4) is 0 Å². The van der Waals surface area contributed by atoms with Crippen molar-refractivity contribution in [1.82, 2.24) is 9.80 Å². The SMILES string of the molecule is CCCC(=O)N(CCCC/C=C\CCCCCCCCCC(=O)O)C(C)C.CCCC(=O)N(CCCC/C=C\CCCCCCCCCC(=O)OC)C(C)C.[Li+].[OH-]. The number of rotatable bonds is 36. The van der Waals surface area contributed by atoms with Crippen molar-refractivity contribution in [3.63, 3.8) is 0 Å². The molecule has 0 atom stereocenters. The van der Waals surface area contributed by atoms with Crippen molar-refractivity contribution in [2.24, 2.45) is 0 Å². The van der Waals surface area contributed by atoms with E-state index >= 15 is 0 Å². The molecule has 0 saturated heterocycles. The Bertz CT molecular complexity index is 987. The minimum Gasteiger partial charge on any atom is -0.870 e. The van der Waals surface area contributed by atoms with E-state index in [-0.39, 0.29) is 30.3 Å². The monoisotopic (exact) mass is 801 g/mol. The number of allylic oxidation sites excluding steroid dienone is 4. The number of esters is 1. The second-order valence-electron chi connectivity index (χ2n) is 15.8. The molecule has 10 heteroatoms. The smallest absolute Gasteiger partial charge is 0.870 e. The summed E-state index contributed by atoms with van der Waals surface area (Å²) in [5.74, 6) is -0.167. The average molecular weight is 801 g/mol. The number of amides is 2. The Hall–Kier alpha value is -2.08. The van der Waals surface area contributed by atoms with Gasteiger partial charge >= 0.3 is 30.8 Å². The van der Waals surface area contributed by atoms with Crippen molar-refractivity contribution in [1.29, 1.82) is 0 Å². The van der Waals surface area contributed by atoms with Crippen LogP contribution in [-0.2, 0) is 23.9 Å². The summed E-state index contributed by atoms with van der Waals surface area (Å²) < 4.78 is 4.64. The Kier molecular flexibility index (Phi) is 50.3. The predicted octanol–water partition coefficient (Wildman–Crippen LogP) is 9.61. The topological polar surface area (TPSA) is 134 Å². The van der Waals surface area contributed by atoms with E-state index < -0.39 is 5.97 Å². The van der Waals surface area contributed by atoms with Crippen LogP contribution >= 0.6 is 0 Å². The van der Waals surface area contributed by atoms with E-state index in [1.165, 1.54) is 71.3 Å². The van der Waals surface area contributed by atoms with Crippen molar-refractivity contribution in [2.75, 3.05) is 20.2 Å². The number of hydrogen-bond acceptors (Lipinski definition) is 6. The summed E-state index contributed by atoms with van der Waals surface area (Å²) in [7, 11) is 1.45. The average Bonchev–Trinajstić information content (AvgIpc) is 3.14. The quantitative estimate of drug-likeness (QED) is 0.0289. The number of carbonyl (C=O) groups is 4. The zero-order valence-electron chi connectivity index (χ0n) is 38.5. The molecule has 0 aromatic rings. The maximum Gasteiger partial charge on any atom is 1.00 e. The van der Waals surface area contributed by atoms with E-state index in [0.717, 1.165) is 103 Å². The number of methoxy groups -OCH3 is 1. The van der Waals surface area contributed by atoms with Crippen molar-refractivity contribution in [3.05, 3.63) is 24.3 Å². The fraction of sp³-hybridized carbons (Fsp3) is 0.830. The maximum atomic E-state index is 12.1. The number of unbranched alkanes of at least 4 members (excludes halogenated alkanes) is 18. The molecular weight excluding hydrogens is 711 g/mol. The van der Waals surface area contributed by atoms with Gasteiger partial charge in [0.2, 0.25) is 11.8 Å². The zero-order valence-corrected chi connectivity index (χ0v) is 38.5. The van der Waals surface area contributed by atoms with E-state index in [2.05, 4.69) is 70.6 Å². The molecule has 0 heterocycles. The van der Waals surface area contributed by atoms with Crippen LogP contribution in [0.5, 0.6) is 0 Å². The summed E-state index contributed by atoms with van der Waals surface area (Å²) in [6.07, 6.45) is 38.8. The largest absolute Gasteiger partial charge is 1.00 e. The third-order valence-corrected chi connectivity index (χ3v) is 9.93. The van der Waals surface area contributed by atoms with Crippen molar-refractivity contribution < 1.29 is 53.4 Å². The molecule has 0 bridgehead atoms. The molecule has 0 unspecified atom stereocenters. The summed E-state index contributed by atoms with van der Waals surface area (Å²) in [6, 6.07) is 0.610. The maximum absolute atomic E-state index is 12.1. The summed E-state index contributed by atoms with van der Waals surface area (Å²) in [6.45, 7) is 14.3. The van der Waals surface area contributed by atoms with Gasteiger partial charge in [-0.25, -0.2) is 0 Å². The second-order valence-corrected chi connectivity index (χ2v) is 15.8. The van der Waals surface area contributed by atoms with Gasteiger partial charge in [-0.2, -0.15) is 0 Å². The predicted molar refractivity (Wildman–Crippen MR) is 234 cm³/mol. The van der Waals surface area contributed by atoms with Gasteiger partial charge in [0.1, 0.15) is 0 Å². The number of carbonyl (C=O) groups excluding carboxylic acids is 3. The number of ether oxygens (including phenoxy) is 1. The third kappa shape index (κ3) is 43.3. The molecule has 0 aromatic heterocycles. The van der Waals surface area contributed by atoms with Crippen molar-refractivity contribution in [2.45, 2.75) is 233 Å². The van der Waals surface area contributed by atoms with Crippen LogP contribution in [0.2, 0.25) is 0 Å². The van der Waals surface area contributed by atoms with Gasteiger partial charge in [0.05, 0.1) is 7.11 Å². The van der Waals surface area contributed by atoms with E-state index in [9.17, 15) is 19.2 Å². The summed E-state index contributed by atoms with van der Waals surface area (Å²) in [5, 5.41) is 8.57. The molecule has 0 aliphatic carbocycles. The van der Waals surface area contributed by atoms with E-state index in [0.29, 0.717) is 49.6 Å². The molecule has 0 radical (unpaired) electrons. The second kappa shape index (κ2) is 46.6. The molecule has 2 N–H and O–H groups in total. The Labute approximate surface area is 363 Å². The van der Waals surface area contributed by atoms with E-state index in [1.54, 1.807) is 0 Å². The number of carboxylic acids is 1. The molecule has 0 aliphatic heterocycles. The molecule has 57 heavy (non-hydrogen) atoms. The Morgan fingerprint density at radius 2 is 0.789 bits per heavy atom. The molecule has 330 valence electrons. The molecule has 0 rings (SSSR count). The van der Waals surface area contributed by atoms with Gasteiger partial charge < -0.3 is 25.1 Å². The Morgan fingerprint density at radius 3 is 1.09 bits per heavy atom. The van der Waals surface area contributed by atoms with Gasteiger partial charge in [0, 0.05) is 50.9 Å². The molecule has 0 saturated carbocycles. The number of carboxylic acid groups (broad SMARTS) is 1. The van der Waals surface area contributed by atoms with E-state index in [1.807, 2.05) is 9.80 Å². The third-order valence-electron chi connectivity index (χ3n) is 9.93. The zero-order chi connectivity index (χ0) is 41.4. The van der Waals surface area contributed by atoms with Gasteiger partial charge in [-0.1, -0.05) is 102 Å². The van der Waals surface area contributed by atoms with Crippen LogP contribution in [-0.4, -0.2) is 76.4 Å². The van der Waals surface area contributed by atoms with Crippen molar-refractivity contribution >= 4 is 23.8 Å². The molecule has 9 nitrogen and oxygen atoms in total. The number of hydrogen-bond donors (Lipinski definition) is 1. The normalized spacial score (nSPS) is 11.0. The molecular formula is C47H89LiN2O7. The molecule has 0 fully saturated rings. The first kappa shape index (κ1) is 61.6. The van der Waals surface area contributed by atoms with Gasteiger partial charge in [-0.15, -0.1) is 0 Å². The minimum atomic E-state index is -0.677.